The molecule has 0 aliphatic carbocycles. The van der Waals surface area contributed by atoms with E-state index in [9.17, 15) is 19.2 Å². The summed E-state index contributed by atoms with van der Waals surface area (Å²) in [5.74, 6) is -2.63. The zero-order valence-corrected chi connectivity index (χ0v) is 15.0. The van der Waals surface area contributed by atoms with Gasteiger partial charge in [0.05, 0.1) is 12.9 Å². The Bertz CT molecular complexity index is 691. The number of carbonyl (C=O) groups excluding carboxylic acids is 3. The molecule has 27 heavy (non-hydrogen) atoms. The van der Waals surface area contributed by atoms with Gasteiger partial charge in [-0.2, -0.15) is 0 Å². The monoisotopic (exact) mass is 380 g/mol. The molecule has 3 unspecified atom stereocenters. The fourth-order valence-electron chi connectivity index (χ4n) is 2.92. The average Bonchev–Trinajstić information content (AvgIpc) is 3.31. The molecule has 3 atom stereocenters. The number of carboxylic acids is 1. The second kappa shape index (κ2) is 9.12. The predicted octanol–water partition coefficient (Wildman–Crippen LogP) is -2.02. The van der Waals surface area contributed by atoms with Crippen LogP contribution in [0.3, 0.4) is 0 Å². The van der Waals surface area contributed by atoms with Crippen LogP contribution in [0.5, 0.6) is 0 Å². The number of nitrogens with one attached hydrogen (secondary N) is 3. The van der Waals surface area contributed by atoms with Gasteiger partial charge in [0.15, 0.2) is 0 Å². The van der Waals surface area contributed by atoms with Crippen molar-refractivity contribution >= 4 is 23.7 Å². The Morgan fingerprint density at radius 3 is 2.74 bits per heavy atom. The van der Waals surface area contributed by atoms with Gasteiger partial charge < -0.3 is 31.4 Å². The molecule has 148 valence electrons. The summed E-state index contributed by atoms with van der Waals surface area (Å²) in [5.41, 5.74) is 5.98. The lowest BCUT2D eigenvalue weighted by Gasteiger charge is -2.26. The number of imidazole rings is 1. The largest absolute Gasteiger partial charge is 0.480 e. The second-order valence-electron chi connectivity index (χ2n) is 6.36. The van der Waals surface area contributed by atoms with E-state index in [-0.39, 0.29) is 18.9 Å². The van der Waals surface area contributed by atoms with E-state index in [0.717, 1.165) is 0 Å². The van der Waals surface area contributed by atoms with Crippen LogP contribution in [0.2, 0.25) is 0 Å². The summed E-state index contributed by atoms with van der Waals surface area (Å²) in [5, 5.41) is 13.9. The van der Waals surface area contributed by atoms with Crippen LogP contribution in [-0.2, 0) is 25.6 Å². The van der Waals surface area contributed by atoms with E-state index < -0.39 is 35.9 Å². The number of hydrogen-bond acceptors (Lipinski definition) is 6. The fraction of sp³-hybridized carbons (Fsp3) is 0.562. The van der Waals surface area contributed by atoms with Crippen LogP contribution in [0.4, 0.5) is 0 Å². The van der Waals surface area contributed by atoms with Gasteiger partial charge in [-0.1, -0.05) is 0 Å². The summed E-state index contributed by atoms with van der Waals surface area (Å²) in [6.07, 6.45) is 4.18. The molecular formula is C16H24N6O5. The van der Waals surface area contributed by atoms with E-state index in [1.165, 1.54) is 24.3 Å². The third kappa shape index (κ3) is 5.26. The molecule has 1 aromatic heterocycles. The summed E-state index contributed by atoms with van der Waals surface area (Å²) in [4.78, 5) is 56.1. The van der Waals surface area contributed by atoms with Gasteiger partial charge in [-0.15, -0.1) is 0 Å². The normalized spacial score (nSPS) is 18.6. The van der Waals surface area contributed by atoms with Crippen molar-refractivity contribution in [2.24, 2.45) is 5.73 Å². The SMILES string of the molecule is CC(NC(=O)C(Cc1cnc[nH]1)NC(=O)C1CCCN1C(=O)CN)C(=O)O. The Balaban J connectivity index is 2.10. The number of rotatable bonds is 8. The molecule has 6 N–H and O–H groups in total. The van der Waals surface area contributed by atoms with Crippen molar-refractivity contribution in [3.63, 3.8) is 0 Å². The highest BCUT2D eigenvalue weighted by molar-refractivity contribution is 5.93. The fourth-order valence-corrected chi connectivity index (χ4v) is 2.92. The van der Waals surface area contributed by atoms with Crippen LogP contribution in [0.25, 0.3) is 0 Å². The third-order valence-electron chi connectivity index (χ3n) is 4.39. The van der Waals surface area contributed by atoms with E-state index in [2.05, 4.69) is 20.6 Å². The number of aromatic nitrogens is 2. The van der Waals surface area contributed by atoms with Gasteiger partial charge in [-0.3, -0.25) is 19.2 Å². The minimum atomic E-state index is -1.19. The Morgan fingerprint density at radius 1 is 1.41 bits per heavy atom. The highest BCUT2D eigenvalue weighted by Gasteiger charge is 2.35. The van der Waals surface area contributed by atoms with Crippen LogP contribution in [0.15, 0.2) is 12.5 Å². The smallest absolute Gasteiger partial charge is 0.325 e. The maximum Gasteiger partial charge on any atom is 0.325 e. The lowest BCUT2D eigenvalue weighted by atomic mass is 10.1. The molecule has 0 saturated carbocycles. The number of carboxylic acid groups (broad SMARTS) is 1. The van der Waals surface area contributed by atoms with Gasteiger partial charge in [0.1, 0.15) is 18.1 Å². The van der Waals surface area contributed by atoms with Crippen LogP contribution in [0.1, 0.15) is 25.5 Å². The third-order valence-corrected chi connectivity index (χ3v) is 4.39. The number of H-pyrrole nitrogens is 1. The number of hydrogen-bond donors (Lipinski definition) is 5. The van der Waals surface area contributed by atoms with E-state index in [0.29, 0.717) is 25.1 Å². The van der Waals surface area contributed by atoms with E-state index in [1.54, 1.807) is 0 Å². The molecule has 1 aromatic rings. The number of likely N-dealkylation sites (tertiary alicyclic amines) is 1. The maximum absolute atomic E-state index is 12.7. The molecule has 0 bridgehead atoms. The van der Waals surface area contributed by atoms with Crippen molar-refractivity contribution in [2.45, 2.75) is 44.3 Å². The molecule has 11 heteroatoms. The van der Waals surface area contributed by atoms with E-state index in [1.807, 2.05) is 0 Å². The van der Waals surface area contributed by atoms with Crippen molar-refractivity contribution < 1.29 is 24.3 Å². The number of amides is 3. The second-order valence-corrected chi connectivity index (χ2v) is 6.36. The summed E-state index contributed by atoms with van der Waals surface area (Å²) in [6, 6.07) is -2.83. The Morgan fingerprint density at radius 2 is 2.15 bits per heavy atom. The Kier molecular flexibility index (Phi) is 6.88. The van der Waals surface area contributed by atoms with Crippen molar-refractivity contribution in [1.82, 2.24) is 25.5 Å². The van der Waals surface area contributed by atoms with Gasteiger partial charge >= 0.3 is 5.97 Å². The van der Waals surface area contributed by atoms with Gasteiger partial charge in [0.2, 0.25) is 17.7 Å². The zero-order chi connectivity index (χ0) is 20.0. The number of aromatic amines is 1. The molecule has 11 nitrogen and oxygen atoms in total. The van der Waals surface area contributed by atoms with Crippen LogP contribution in [0, 0.1) is 0 Å². The molecule has 3 amide bonds. The maximum atomic E-state index is 12.7. The Hall–Kier alpha value is -2.95. The van der Waals surface area contributed by atoms with Crippen molar-refractivity contribution in [1.29, 1.82) is 0 Å². The molecule has 2 rings (SSSR count). The first-order valence-electron chi connectivity index (χ1n) is 8.63. The van der Waals surface area contributed by atoms with Crippen molar-refractivity contribution in [3.05, 3.63) is 18.2 Å². The molecule has 1 saturated heterocycles. The average molecular weight is 380 g/mol. The molecule has 2 heterocycles. The van der Waals surface area contributed by atoms with Crippen molar-refractivity contribution in [3.8, 4) is 0 Å². The first-order valence-corrected chi connectivity index (χ1v) is 8.63. The summed E-state index contributed by atoms with van der Waals surface area (Å²) < 4.78 is 0. The zero-order valence-electron chi connectivity index (χ0n) is 15.0. The van der Waals surface area contributed by atoms with Crippen LogP contribution >= 0.6 is 0 Å². The number of nitrogens with zero attached hydrogens (tertiary/aromatic N) is 2. The highest BCUT2D eigenvalue weighted by atomic mass is 16.4. The highest BCUT2D eigenvalue weighted by Crippen LogP contribution is 2.17. The molecule has 0 spiro atoms. The Labute approximate surface area is 155 Å². The molecule has 0 aromatic carbocycles. The molecule has 1 aliphatic rings. The quantitative estimate of drug-likeness (QED) is 0.346. The summed E-state index contributed by atoms with van der Waals surface area (Å²) >= 11 is 0. The minimum Gasteiger partial charge on any atom is -0.480 e. The minimum absolute atomic E-state index is 0.0987. The molecule has 1 fully saturated rings. The molecule has 1 aliphatic heterocycles. The number of aliphatic carboxylic acids is 1. The first kappa shape index (κ1) is 20.4. The van der Waals surface area contributed by atoms with Gasteiger partial charge in [-0.25, -0.2) is 4.98 Å². The standard InChI is InChI=1S/C16H24N6O5/c1-9(16(26)27)20-14(24)11(5-10-7-18-8-19-10)21-15(25)12-3-2-4-22(12)13(23)6-17/h7-9,11-12H,2-6,17H2,1H3,(H,18,19)(H,20,24)(H,21,25)(H,26,27). The van der Waals surface area contributed by atoms with Gasteiger partial charge in [-0.05, 0) is 19.8 Å². The topological polar surface area (TPSA) is 171 Å². The lowest BCUT2D eigenvalue weighted by molar-refractivity contribution is -0.142. The molecule has 0 radical (unpaired) electrons. The number of nitrogens with two attached hydrogens (primary N) is 1. The first-order chi connectivity index (χ1) is 12.8. The van der Waals surface area contributed by atoms with Crippen molar-refractivity contribution in [2.75, 3.05) is 13.1 Å². The van der Waals surface area contributed by atoms with Gasteiger partial charge in [0.25, 0.3) is 0 Å². The van der Waals surface area contributed by atoms with E-state index >= 15 is 0 Å². The molecular weight excluding hydrogens is 356 g/mol. The number of carbonyl (C=O) groups is 4. The van der Waals surface area contributed by atoms with Crippen LogP contribution in [-0.4, -0.2) is 74.9 Å². The summed E-state index contributed by atoms with van der Waals surface area (Å²) in [7, 11) is 0. The van der Waals surface area contributed by atoms with Crippen LogP contribution < -0.4 is 16.4 Å². The van der Waals surface area contributed by atoms with Gasteiger partial charge in [0, 0.05) is 24.9 Å². The predicted molar refractivity (Wildman–Crippen MR) is 93.3 cm³/mol. The summed E-state index contributed by atoms with van der Waals surface area (Å²) in [6.45, 7) is 1.56. The van der Waals surface area contributed by atoms with E-state index in [4.69, 9.17) is 10.8 Å². The lowest BCUT2D eigenvalue weighted by Crippen LogP contribution is -2.56.